The Bertz CT molecular complexity index is 1100. The largest absolute Gasteiger partial charge is 0.321 e. The monoisotopic (exact) mass is 416 g/mol. The lowest BCUT2D eigenvalue weighted by Gasteiger charge is -2.21. The van der Waals surface area contributed by atoms with Gasteiger partial charge < -0.3 is 15.5 Å². The highest BCUT2D eigenvalue weighted by atomic mass is 19.2. The van der Waals surface area contributed by atoms with Gasteiger partial charge in [-0.05, 0) is 30.5 Å². The number of carbonyl (C=O) groups excluding carboxylic acids is 2. The lowest BCUT2D eigenvalue weighted by Crippen LogP contribution is -3.14. The van der Waals surface area contributed by atoms with Crippen LogP contribution in [0, 0.1) is 17.5 Å². The van der Waals surface area contributed by atoms with Gasteiger partial charge in [-0.2, -0.15) is 0 Å². The van der Waals surface area contributed by atoms with Gasteiger partial charge in [-0.1, -0.05) is 36.4 Å². The molecule has 2 amide bonds. The average molecular weight is 416 g/mol. The summed E-state index contributed by atoms with van der Waals surface area (Å²) in [7, 11) is 1.63. The summed E-state index contributed by atoms with van der Waals surface area (Å²) in [5, 5.41) is 6.95. The van der Waals surface area contributed by atoms with Crippen LogP contribution >= 0.6 is 0 Å². The van der Waals surface area contributed by atoms with Gasteiger partial charge in [0.05, 0.1) is 12.7 Å². The topological polar surface area (TPSA) is 62.6 Å². The molecule has 2 atom stereocenters. The summed E-state index contributed by atoms with van der Waals surface area (Å²) in [6.45, 7) is 1.52. The Morgan fingerprint density at radius 1 is 0.900 bits per heavy atom. The van der Waals surface area contributed by atoms with Crippen LogP contribution in [0.3, 0.4) is 0 Å². The zero-order chi connectivity index (χ0) is 21.8. The standard InChI is InChI=1S/C22H20F3N3O2/c1-13(22(30)27-18-11-10-16(23)20(24)21(18)25)28(2)12-19(29)26-17-9-5-7-14-6-3-4-8-15(14)17/h3-11,13H,12H2,1-2H3,(H,26,29)(H,27,30)/p+1/t13-/m1/s1. The zero-order valence-corrected chi connectivity index (χ0v) is 16.4. The number of halogens is 3. The fraction of sp³-hybridized carbons (Fsp3) is 0.182. The Balaban J connectivity index is 1.63. The summed E-state index contributed by atoms with van der Waals surface area (Å²) in [6, 6.07) is 14.1. The SMILES string of the molecule is C[C@H](C(=O)Nc1ccc(F)c(F)c1F)[NH+](C)CC(=O)Nc1cccc2ccccc12. The molecule has 3 aromatic rings. The van der Waals surface area contributed by atoms with Gasteiger partial charge in [-0.3, -0.25) is 9.59 Å². The van der Waals surface area contributed by atoms with Crippen molar-refractivity contribution < 1.29 is 27.7 Å². The van der Waals surface area contributed by atoms with Crippen LogP contribution in [0.5, 0.6) is 0 Å². The van der Waals surface area contributed by atoms with Gasteiger partial charge in [0.25, 0.3) is 11.8 Å². The van der Waals surface area contributed by atoms with Gasteiger partial charge in [0.2, 0.25) is 0 Å². The van der Waals surface area contributed by atoms with Crippen LogP contribution in [0.25, 0.3) is 10.8 Å². The molecule has 0 spiro atoms. The molecule has 0 aromatic heterocycles. The fourth-order valence-electron chi connectivity index (χ4n) is 3.02. The van der Waals surface area contributed by atoms with Crippen molar-refractivity contribution >= 4 is 34.0 Å². The Hall–Kier alpha value is -3.39. The maximum atomic E-state index is 13.8. The second kappa shape index (κ2) is 8.96. The Morgan fingerprint density at radius 2 is 1.60 bits per heavy atom. The molecule has 0 saturated carbocycles. The Kier molecular flexibility index (Phi) is 6.37. The first kappa shape index (κ1) is 21.3. The molecule has 0 aliphatic heterocycles. The van der Waals surface area contributed by atoms with E-state index in [1.54, 1.807) is 20.0 Å². The lowest BCUT2D eigenvalue weighted by molar-refractivity contribution is -0.885. The van der Waals surface area contributed by atoms with E-state index >= 15 is 0 Å². The van der Waals surface area contributed by atoms with Crippen molar-refractivity contribution in [2.45, 2.75) is 13.0 Å². The highest BCUT2D eigenvalue weighted by Gasteiger charge is 2.26. The smallest absolute Gasteiger partial charge is 0.282 e. The molecule has 0 aliphatic carbocycles. The number of hydrogen-bond acceptors (Lipinski definition) is 2. The van der Waals surface area contributed by atoms with Gasteiger partial charge in [0.15, 0.2) is 30.0 Å². The summed E-state index contributed by atoms with van der Waals surface area (Å²) in [6.07, 6.45) is 0. The van der Waals surface area contributed by atoms with Crippen LogP contribution in [0.2, 0.25) is 0 Å². The first-order valence-corrected chi connectivity index (χ1v) is 9.32. The Labute approximate surface area is 171 Å². The molecule has 0 radical (unpaired) electrons. The van der Waals surface area contributed by atoms with Gasteiger partial charge in [0.1, 0.15) is 0 Å². The third-order valence-electron chi connectivity index (χ3n) is 4.93. The van der Waals surface area contributed by atoms with E-state index in [0.717, 1.165) is 22.9 Å². The molecule has 0 heterocycles. The summed E-state index contributed by atoms with van der Waals surface area (Å²) in [5.41, 5.74) is 0.200. The van der Waals surface area contributed by atoms with Gasteiger partial charge >= 0.3 is 0 Å². The predicted molar refractivity (Wildman–Crippen MR) is 109 cm³/mol. The highest BCUT2D eigenvalue weighted by Crippen LogP contribution is 2.22. The minimum Gasteiger partial charge on any atom is -0.321 e. The van der Waals surface area contributed by atoms with Crippen molar-refractivity contribution in [3.63, 3.8) is 0 Å². The number of likely N-dealkylation sites (N-methyl/N-ethyl adjacent to an activating group) is 1. The number of quaternary nitrogens is 1. The van der Waals surface area contributed by atoms with Crippen molar-refractivity contribution in [1.29, 1.82) is 0 Å². The minimum atomic E-state index is -1.66. The summed E-state index contributed by atoms with van der Waals surface area (Å²) in [4.78, 5) is 25.4. The van der Waals surface area contributed by atoms with E-state index in [-0.39, 0.29) is 12.5 Å². The molecule has 0 fully saturated rings. The van der Waals surface area contributed by atoms with Gasteiger partial charge in [-0.15, -0.1) is 0 Å². The number of hydrogen-bond donors (Lipinski definition) is 3. The van der Waals surface area contributed by atoms with Crippen LogP contribution in [0.4, 0.5) is 24.5 Å². The zero-order valence-electron chi connectivity index (χ0n) is 16.4. The normalized spacial score (nSPS) is 13.0. The van der Waals surface area contributed by atoms with E-state index in [4.69, 9.17) is 0 Å². The number of carbonyl (C=O) groups is 2. The summed E-state index contributed by atoms with van der Waals surface area (Å²) < 4.78 is 40.1. The quantitative estimate of drug-likeness (QED) is 0.541. The van der Waals surface area contributed by atoms with Crippen LogP contribution in [0.1, 0.15) is 6.92 Å². The van der Waals surface area contributed by atoms with E-state index in [2.05, 4.69) is 10.6 Å². The predicted octanol–water partition coefficient (Wildman–Crippen LogP) is 2.74. The van der Waals surface area contributed by atoms with Crippen LogP contribution in [-0.4, -0.2) is 31.4 Å². The van der Waals surface area contributed by atoms with Crippen molar-refractivity contribution in [2.75, 3.05) is 24.2 Å². The summed E-state index contributed by atoms with van der Waals surface area (Å²) in [5.74, 6) is -5.40. The third-order valence-corrected chi connectivity index (χ3v) is 4.93. The van der Waals surface area contributed by atoms with E-state index < -0.39 is 35.1 Å². The lowest BCUT2D eigenvalue weighted by atomic mass is 10.1. The van der Waals surface area contributed by atoms with E-state index in [1.165, 1.54) is 0 Å². The van der Waals surface area contributed by atoms with Crippen LogP contribution in [-0.2, 0) is 9.59 Å². The molecule has 30 heavy (non-hydrogen) atoms. The van der Waals surface area contributed by atoms with Crippen LogP contribution in [0.15, 0.2) is 54.6 Å². The Morgan fingerprint density at radius 3 is 2.37 bits per heavy atom. The molecule has 156 valence electrons. The second-order valence-electron chi connectivity index (χ2n) is 7.03. The second-order valence-corrected chi connectivity index (χ2v) is 7.03. The van der Waals surface area contributed by atoms with E-state index in [1.807, 2.05) is 36.4 Å². The number of benzene rings is 3. The molecule has 0 bridgehead atoms. The number of nitrogens with one attached hydrogen (secondary N) is 3. The first-order chi connectivity index (χ1) is 14.3. The van der Waals surface area contributed by atoms with E-state index in [9.17, 15) is 22.8 Å². The van der Waals surface area contributed by atoms with Crippen molar-refractivity contribution in [3.05, 3.63) is 72.0 Å². The molecule has 0 saturated heterocycles. The average Bonchev–Trinajstić information content (AvgIpc) is 2.73. The van der Waals surface area contributed by atoms with Crippen molar-refractivity contribution in [2.24, 2.45) is 0 Å². The first-order valence-electron chi connectivity index (χ1n) is 9.32. The number of anilines is 2. The number of amides is 2. The molecular formula is C22H21F3N3O2+. The maximum Gasteiger partial charge on any atom is 0.282 e. The molecule has 8 heteroatoms. The van der Waals surface area contributed by atoms with Gasteiger partial charge in [-0.25, -0.2) is 13.2 Å². The molecule has 0 aliphatic rings. The van der Waals surface area contributed by atoms with Gasteiger partial charge in [0, 0.05) is 11.1 Å². The minimum absolute atomic E-state index is 0.0297. The molecule has 5 nitrogen and oxygen atoms in total. The van der Waals surface area contributed by atoms with Crippen LogP contribution < -0.4 is 15.5 Å². The van der Waals surface area contributed by atoms with Crippen molar-refractivity contribution in [3.8, 4) is 0 Å². The maximum absolute atomic E-state index is 13.8. The number of rotatable bonds is 6. The highest BCUT2D eigenvalue weighted by molar-refractivity contribution is 6.02. The molecular weight excluding hydrogens is 395 g/mol. The molecule has 3 rings (SSSR count). The van der Waals surface area contributed by atoms with Crippen molar-refractivity contribution in [1.82, 2.24) is 0 Å². The van der Waals surface area contributed by atoms with E-state index in [0.29, 0.717) is 10.6 Å². The summed E-state index contributed by atoms with van der Waals surface area (Å²) >= 11 is 0. The molecule has 3 aromatic carbocycles. The third kappa shape index (κ3) is 4.60. The fourth-order valence-corrected chi connectivity index (χ4v) is 3.02. The molecule has 1 unspecified atom stereocenters. The molecule has 3 N–H and O–H groups in total. The number of fused-ring (bicyclic) bond motifs is 1.